The van der Waals surface area contributed by atoms with E-state index in [0.717, 1.165) is 154 Å². The van der Waals surface area contributed by atoms with Crippen LogP contribution in [0.2, 0.25) is 0 Å². The van der Waals surface area contributed by atoms with Crippen LogP contribution in [0.4, 0.5) is 0 Å². The summed E-state index contributed by atoms with van der Waals surface area (Å²) in [5, 5.41) is 10.7. The molecule has 0 rings (SSSR count). The monoisotopic (exact) mass is 1510 g/mol. The van der Waals surface area contributed by atoms with Crippen LogP contribution in [0.25, 0.3) is 0 Å². The lowest BCUT2D eigenvalue weighted by molar-refractivity contribution is -0.161. The standard InChI is InChI=1S/C85H152O17P2/c1-5-9-13-17-21-25-29-33-37-38-39-40-44-46-50-54-58-62-66-70-83(88)96-76-81(102-85(90)72-68-64-60-56-52-48-43-36-32-28-24-20-16-12-8-4)78-100-104(93,94)98-74-79(86)73-97-103(91,92)99-77-80(101-84(89)71-67-63-59-55-51-47-42-35-31-27-23-19-15-11-7-3)75-95-82(87)69-65-61-57-53-49-45-41-34-30-26-22-18-14-10-6-2/h9,13,21,25,33-35,37,39-42,46,50,79-81,86H,5-8,10-12,14-20,22-24,26-32,36,38,43-45,47-49,51-78H2,1-4H3,(H,91,92)(H,93,94)/b13-9-,25-21-,37-33-,40-39-,41-34-,42-35-,50-46-/t79-,80+,81+/m0/s1. The van der Waals surface area contributed by atoms with Crippen LogP contribution in [-0.2, 0) is 65.4 Å². The summed E-state index contributed by atoms with van der Waals surface area (Å²) < 4.78 is 68.7. The van der Waals surface area contributed by atoms with Gasteiger partial charge in [-0.2, -0.15) is 0 Å². The van der Waals surface area contributed by atoms with Crippen molar-refractivity contribution in [3.05, 3.63) is 85.1 Å². The van der Waals surface area contributed by atoms with Crippen molar-refractivity contribution in [1.82, 2.24) is 0 Å². The van der Waals surface area contributed by atoms with E-state index >= 15 is 0 Å². The van der Waals surface area contributed by atoms with Crippen LogP contribution in [0.3, 0.4) is 0 Å². The second kappa shape index (κ2) is 77.4. The molecule has 604 valence electrons. The zero-order chi connectivity index (χ0) is 76.0. The van der Waals surface area contributed by atoms with Gasteiger partial charge in [-0.25, -0.2) is 9.13 Å². The number of phosphoric acid groups is 2. The molecule has 0 spiro atoms. The lowest BCUT2D eigenvalue weighted by Gasteiger charge is -2.21. The average molecular weight is 1510 g/mol. The molecule has 0 aromatic heterocycles. The van der Waals surface area contributed by atoms with E-state index in [1.54, 1.807) is 0 Å². The van der Waals surface area contributed by atoms with Crippen molar-refractivity contribution in [3.63, 3.8) is 0 Å². The maximum Gasteiger partial charge on any atom is 0.472 e. The van der Waals surface area contributed by atoms with Crippen LogP contribution < -0.4 is 0 Å². The van der Waals surface area contributed by atoms with Crippen molar-refractivity contribution in [2.45, 2.75) is 393 Å². The van der Waals surface area contributed by atoms with Gasteiger partial charge in [0.05, 0.1) is 26.4 Å². The maximum absolute atomic E-state index is 13.1. The molecular weight excluding hydrogens is 1350 g/mol. The minimum atomic E-state index is -4.98. The first kappa shape index (κ1) is 100. The lowest BCUT2D eigenvalue weighted by atomic mass is 10.0. The number of hydrogen-bond acceptors (Lipinski definition) is 15. The number of carbonyl (C=O) groups excluding carboxylic acids is 4. The average Bonchev–Trinajstić information content (AvgIpc) is 0.918. The number of ether oxygens (including phenoxy) is 4. The number of rotatable bonds is 79. The van der Waals surface area contributed by atoms with Gasteiger partial charge in [-0.05, 0) is 122 Å². The van der Waals surface area contributed by atoms with Crippen molar-refractivity contribution in [2.24, 2.45) is 0 Å². The van der Waals surface area contributed by atoms with E-state index in [2.05, 4.69) is 113 Å². The Kier molecular flexibility index (Phi) is 74.6. The molecule has 3 N–H and O–H groups in total. The summed E-state index contributed by atoms with van der Waals surface area (Å²) in [6, 6.07) is 0. The Morgan fingerprint density at radius 1 is 0.279 bits per heavy atom. The van der Waals surface area contributed by atoms with Crippen LogP contribution in [-0.4, -0.2) is 96.7 Å². The third-order valence-corrected chi connectivity index (χ3v) is 19.7. The Labute approximate surface area is 634 Å². The van der Waals surface area contributed by atoms with E-state index in [1.807, 2.05) is 0 Å². The molecule has 0 saturated carbocycles. The number of phosphoric ester groups is 2. The number of esters is 4. The van der Waals surface area contributed by atoms with Crippen molar-refractivity contribution in [3.8, 4) is 0 Å². The molecule has 0 bridgehead atoms. The maximum atomic E-state index is 13.1. The molecule has 5 atom stereocenters. The highest BCUT2D eigenvalue weighted by atomic mass is 31.2. The summed E-state index contributed by atoms with van der Waals surface area (Å²) in [6.45, 7) is 4.77. The third kappa shape index (κ3) is 76.4. The minimum absolute atomic E-state index is 0.0859. The Bertz CT molecular complexity index is 2300. The van der Waals surface area contributed by atoms with Gasteiger partial charge in [0.25, 0.3) is 0 Å². The van der Waals surface area contributed by atoms with Crippen LogP contribution >= 0.6 is 15.6 Å². The van der Waals surface area contributed by atoms with Crippen LogP contribution in [0.1, 0.15) is 374 Å². The van der Waals surface area contributed by atoms with Gasteiger partial charge < -0.3 is 33.8 Å². The fourth-order valence-electron chi connectivity index (χ4n) is 11.5. The molecule has 19 heteroatoms. The van der Waals surface area contributed by atoms with Gasteiger partial charge >= 0.3 is 39.5 Å². The number of aliphatic hydroxyl groups excluding tert-OH is 1. The SMILES string of the molecule is CC/C=C\C/C=C\C/C=C\C/C=C\C/C=C\CCCCCC(=O)OC[C@H](COP(=O)(O)OC[C@@H](O)COP(=O)(O)OC[C@@H](COC(=O)CCCCCCC/C=C\CCCCCCCC)OC(=O)CCCCCCC/C=C\CCCCCCCC)OC(=O)CCCCCCCCCCCCCCCCC. The Morgan fingerprint density at radius 3 is 0.788 bits per heavy atom. The molecule has 0 aliphatic heterocycles. The molecule has 0 aliphatic rings. The van der Waals surface area contributed by atoms with E-state index in [0.29, 0.717) is 25.7 Å². The van der Waals surface area contributed by atoms with Crippen molar-refractivity contribution >= 4 is 39.5 Å². The number of hydrogen-bond donors (Lipinski definition) is 3. The van der Waals surface area contributed by atoms with Crippen LogP contribution in [0.5, 0.6) is 0 Å². The molecule has 2 unspecified atom stereocenters. The Balaban J connectivity index is 5.37. The van der Waals surface area contributed by atoms with Crippen molar-refractivity contribution in [1.29, 1.82) is 0 Å². The summed E-state index contributed by atoms with van der Waals surface area (Å²) >= 11 is 0. The third-order valence-electron chi connectivity index (χ3n) is 17.8. The largest absolute Gasteiger partial charge is 0.472 e. The molecule has 0 aromatic rings. The molecule has 0 fully saturated rings. The van der Waals surface area contributed by atoms with Crippen molar-refractivity contribution in [2.75, 3.05) is 39.6 Å². The number of unbranched alkanes of at least 4 members (excludes halogenated alkanes) is 39. The number of aliphatic hydroxyl groups is 1. The van der Waals surface area contributed by atoms with E-state index < -0.39 is 97.5 Å². The van der Waals surface area contributed by atoms with Gasteiger partial charge in [-0.15, -0.1) is 0 Å². The molecule has 0 amide bonds. The summed E-state index contributed by atoms with van der Waals surface area (Å²) in [5.74, 6) is -2.20. The second-order valence-electron chi connectivity index (χ2n) is 28.0. The molecule has 17 nitrogen and oxygen atoms in total. The summed E-state index contributed by atoms with van der Waals surface area (Å²) in [7, 11) is -9.96. The van der Waals surface area contributed by atoms with E-state index in [-0.39, 0.29) is 25.7 Å². The summed E-state index contributed by atoms with van der Waals surface area (Å²) in [4.78, 5) is 73.1. The highest BCUT2D eigenvalue weighted by molar-refractivity contribution is 7.47. The van der Waals surface area contributed by atoms with Crippen molar-refractivity contribution < 1.29 is 80.2 Å². The number of carbonyl (C=O) groups is 4. The first-order valence-corrected chi connectivity index (χ1v) is 44.8. The molecule has 104 heavy (non-hydrogen) atoms. The fraction of sp³-hybridized carbons (Fsp3) is 0.788. The Morgan fingerprint density at radius 2 is 0.500 bits per heavy atom. The minimum Gasteiger partial charge on any atom is -0.462 e. The normalized spacial score (nSPS) is 14.3. The molecule has 0 heterocycles. The smallest absolute Gasteiger partial charge is 0.462 e. The zero-order valence-electron chi connectivity index (χ0n) is 66.2. The van der Waals surface area contributed by atoms with E-state index in [9.17, 15) is 43.2 Å². The Hall–Kier alpha value is -3.76. The van der Waals surface area contributed by atoms with Gasteiger partial charge in [0.2, 0.25) is 0 Å². The first-order chi connectivity index (χ1) is 50.7. The highest BCUT2D eigenvalue weighted by Gasteiger charge is 2.30. The number of allylic oxidation sites excluding steroid dienone is 14. The molecule has 0 saturated heterocycles. The van der Waals surface area contributed by atoms with E-state index in [4.69, 9.17) is 37.0 Å². The second-order valence-corrected chi connectivity index (χ2v) is 30.9. The fourth-order valence-corrected chi connectivity index (χ4v) is 13.1. The predicted octanol–water partition coefficient (Wildman–Crippen LogP) is 24.6. The topological polar surface area (TPSA) is 237 Å². The molecule has 0 aromatic carbocycles. The van der Waals surface area contributed by atoms with Gasteiger partial charge in [-0.1, -0.05) is 312 Å². The van der Waals surface area contributed by atoms with Crippen LogP contribution in [0, 0.1) is 0 Å². The van der Waals surface area contributed by atoms with Gasteiger partial charge in [0.15, 0.2) is 12.2 Å². The van der Waals surface area contributed by atoms with Gasteiger partial charge in [0.1, 0.15) is 19.3 Å². The van der Waals surface area contributed by atoms with Gasteiger partial charge in [0, 0.05) is 25.7 Å². The quantitative estimate of drug-likeness (QED) is 0.0169. The summed E-state index contributed by atoms with van der Waals surface area (Å²) in [5.41, 5.74) is 0. The van der Waals surface area contributed by atoms with Gasteiger partial charge in [-0.3, -0.25) is 37.3 Å². The first-order valence-electron chi connectivity index (χ1n) is 41.8. The van der Waals surface area contributed by atoms with E-state index in [1.165, 1.54) is 141 Å². The van der Waals surface area contributed by atoms with Crippen LogP contribution in [0.15, 0.2) is 85.1 Å². The lowest BCUT2D eigenvalue weighted by Crippen LogP contribution is -2.30. The molecule has 0 aliphatic carbocycles. The molecular formula is C85H152O17P2. The zero-order valence-corrected chi connectivity index (χ0v) is 68.0. The summed E-state index contributed by atoms with van der Waals surface area (Å²) in [6.07, 6.45) is 81.2. The molecule has 0 radical (unpaired) electrons. The highest BCUT2D eigenvalue weighted by Crippen LogP contribution is 2.45. The predicted molar refractivity (Wildman–Crippen MR) is 427 cm³/mol.